The van der Waals surface area contributed by atoms with Crippen molar-refractivity contribution >= 4 is 22.5 Å². The second-order valence-corrected chi connectivity index (χ2v) is 7.65. The predicted molar refractivity (Wildman–Crippen MR) is 116 cm³/mol. The van der Waals surface area contributed by atoms with Gasteiger partial charge < -0.3 is 14.6 Å². The first-order valence-electron chi connectivity index (χ1n) is 10.1. The SMILES string of the molecule is O=C1C[C@@H](c2cccc(OC(F)F)c2)c2cn(Cc3ccccc3)c3cccc(c23)N1. The molecule has 1 atom stereocenters. The van der Waals surface area contributed by atoms with Gasteiger partial charge in [0.2, 0.25) is 5.91 Å². The number of ether oxygens (including phenoxy) is 1. The van der Waals surface area contributed by atoms with Crippen LogP contribution in [0.5, 0.6) is 5.75 Å². The molecule has 1 amide bonds. The Balaban J connectivity index is 1.64. The number of amides is 1. The molecule has 3 aromatic carbocycles. The summed E-state index contributed by atoms with van der Waals surface area (Å²) in [6.07, 6.45) is 2.30. The Kier molecular flexibility index (Phi) is 4.90. The molecule has 0 radical (unpaired) electrons. The van der Waals surface area contributed by atoms with Crippen molar-refractivity contribution in [1.29, 1.82) is 0 Å². The van der Waals surface area contributed by atoms with Crippen LogP contribution in [-0.2, 0) is 11.3 Å². The number of rotatable bonds is 5. The van der Waals surface area contributed by atoms with Crippen LogP contribution in [0.3, 0.4) is 0 Å². The van der Waals surface area contributed by atoms with Crippen molar-refractivity contribution in [2.24, 2.45) is 0 Å². The summed E-state index contributed by atoms with van der Waals surface area (Å²) in [5, 5.41) is 3.99. The van der Waals surface area contributed by atoms with Crippen molar-refractivity contribution in [3.63, 3.8) is 0 Å². The van der Waals surface area contributed by atoms with E-state index >= 15 is 0 Å². The van der Waals surface area contributed by atoms with Crippen LogP contribution in [0.25, 0.3) is 10.9 Å². The third-order valence-corrected chi connectivity index (χ3v) is 5.66. The van der Waals surface area contributed by atoms with Gasteiger partial charge in [0, 0.05) is 30.5 Å². The summed E-state index contributed by atoms with van der Waals surface area (Å²) in [6.45, 7) is -2.21. The summed E-state index contributed by atoms with van der Waals surface area (Å²) in [7, 11) is 0. The average Bonchev–Trinajstić information content (AvgIpc) is 3.04. The molecule has 156 valence electrons. The van der Waals surface area contributed by atoms with Crippen LogP contribution in [-0.4, -0.2) is 17.1 Å². The fourth-order valence-corrected chi connectivity index (χ4v) is 4.37. The molecule has 0 fully saturated rings. The van der Waals surface area contributed by atoms with Gasteiger partial charge in [-0.25, -0.2) is 0 Å². The van der Waals surface area contributed by atoms with Crippen molar-refractivity contribution in [3.8, 4) is 5.75 Å². The van der Waals surface area contributed by atoms with E-state index in [-0.39, 0.29) is 24.0 Å². The van der Waals surface area contributed by atoms with Gasteiger partial charge in [0.25, 0.3) is 0 Å². The van der Waals surface area contributed by atoms with Gasteiger partial charge in [-0.15, -0.1) is 0 Å². The van der Waals surface area contributed by atoms with Crippen molar-refractivity contribution < 1.29 is 18.3 Å². The van der Waals surface area contributed by atoms with Crippen molar-refractivity contribution in [2.75, 3.05) is 5.32 Å². The normalized spacial score (nSPS) is 15.7. The van der Waals surface area contributed by atoms with Crippen LogP contribution in [0.15, 0.2) is 79.0 Å². The Morgan fingerprint density at radius 3 is 2.65 bits per heavy atom. The summed E-state index contributed by atoms with van der Waals surface area (Å²) >= 11 is 0. The lowest BCUT2D eigenvalue weighted by atomic mass is 9.88. The van der Waals surface area contributed by atoms with Gasteiger partial charge >= 0.3 is 6.61 Å². The van der Waals surface area contributed by atoms with Gasteiger partial charge in [-0.1, -0.05) is 48.5 Å². The molecule has 5 rings (SSSR count). The van der Waals surface area contributed by atoms with E-state index in [0.717, 1.165) is 27.7 Å². The molecule has 1 aliphatic heterocycles. The molecule has 0 spiro atoms. The number of aromatic nitrogens is 1. The summed E-state index contributed by atoms with van der Waals surface area (Å²) in [6, 6.07) is 22.6. The Morgan fingerprint density at radius 2 is 1.84 bits per heavy atom. The summed E-state index contributed by atoms with van der Waals surface area (Å²) in [5.74, 6) is -0.293. The fourth-order valence-electron chi connectivity index (χ4n) is 4.37. The molecule has 31 heavy (non-hydrogen) atoms. The molecule has 6 heteroatoms. The maximum Gasteiger partial charge on any atom is 0.387 e. The molecule has 0 bridgehead atoms. The van der Waals surface area contributed by atoms with Crippen LogP contribution in [0, 0.1) is 0 Å². The highest BCUT2D eigenvalue weighted by Gasteiger charge is 2.28. The topological polar surface area (TPSA) is 43.3 Å². The van der Waals surface area contributed by atoms with Gasteiger partial charge in [0.05, 0.1) is 11.2 Å². The summed E-state index contributed by atoms with van der Waals surface area (Å²) in [4.78, 5) is 12.6. The number of hydrogen-bond donors (Lipinski definition) is 1. The second-order valence-electron chi connectivity index (χ2n) is 7.65. The number of carbonyl (C=O) groups is 1. The minimum absolute atomic E-state index is 0.0883. The van der Waals surface area contributed by atoms with E-state index in [1.54, 1.807) is 12.1 Å². The molecular formula is C25H20F2N2O2. The lowest BCUT2D eigenvalue weighted by Crippen LogP contribution is -2.14. The number of halogens is 2. The molecule has 0 aliphatic carbocycles. The van der Waals surface area contributed by atoms with E-state index in [1.165, 1.54) is 11.6 Å². The van der Waals surface area contributed by atoms with E-state index in [4.69, 9.17) is 0 Å². The second kappa shape index (κ2) is 7.87. The summed E-state index contributed by atoms with van der Waals surface area (Å²) < 4.78 is 32.2. The maximum atomic E-state index is 12.7. The Labute approximate surface area is 178 Å². The molecule has 4 nitrogen and oxygen atoms in total. The molecule has 1 aromatic heterocycles. The van der Waals surface area contributed by atoms with Gasteiger partial charge in [-0.05, 0) is 41.0 Å². The van der Waals surface area contributed by atoms with E-state index in [2.05, 4.69) is 33.0 Å². The lowest BCUT2D eigenvalue weighted by molar-refractivity contribution is -0.116. The first kappa shape index (κ1) is 19.3. The molecule has 1 aliphatic rings. The highest BCUT2D eigenvalue weighted by molar-refractivity contribution is 6.06. The van der Waals surface area contributed by atoms with Crippen molar-refractivity contribution in [1.82, 2.24) is 4.57 Å². The largest absolute Gasteiger partial charge is 0.435 e. The molecule has 0 saturated heterocycles. The first-order valence-corrected chi connectivity index (χ1v) is 10.1. The fraction of sp³-hybridized carbons (Fsp3) is 0.160. The number of alkyl halides is 2. The highest BCUT2D eigenvalue weighted by atomic mass is 19.3. The Hall–Kier alpha value is -3.67. The maximum absolute atomic E-state index is 12.7. The monoisotopic (exact) mass is 418 g/mol. The lowest BCUT2D eigenvalue weighted by Gasteiger charge is -2.16. The number of carbonyl (C=O) groups excluding carboxylic acids is 1. The van der Waals surface area contributed by atoms with Crippen LogP contribution in [0.4, 0.5) is 14.5 Å². The third-order valence-electron chi connectivity index (χ3n) is 5.66. The smallest absolute Gasteiger partial charge is 0.387 e. The van der Waals surface area contributed by atoms with E-state index in [9.17, 15) is 13.6 Å². The number of hydrogen-bond acceptors (Lipinski definition) is 2. The first-order chi connectivity index (χ1) is 15.1. The number of nitrogens with one attached hydrogen (secondary N) is 1. The minimum Gasteiger partial charge on any atom is -0.435 e. The molecule has 2 heterocycles. The highest BCUT2D eigenvalue weighted by Crippen LogP contribution is 2.41. The van der Waals surface area contributed by atoms with Crippen LogP contribution < -0.4 is 10.1 Å². The quantitative estimate of drug-likeness (QED) is 0.447. The zero-order chi connectivity index (χ0) is 21.4. The number of nitrogens with zero attached hydrogens (tertiary/aromatic N) is 1. The van der Waals surface area contributed by atoms with E-state index < -0.39 is 6.61 Å². The van der Waals surface area contributed by atoms with Gasteiger partial charge in [0.15, 0.2) is 0 Å². The molecule has 0 unspecified atom stereocenters. The standard InChI is InChI=1S/C25H20F2N2O2/c26-25(27)31-18-9-4-8-17(12-18)19-13-23(30)28-21-10-5-11-22-24(21)20(19)15-29(22)14-16-6-2-1-3-7-16/h1-12,15,19,25H,13-14H2,(H,28,30)/t19-/m0/s1. The molecular weight excluding hydrogens is 398 g/mol. The van der Waals surface area contributed by atoms with Crippen LogP contribution in [0.1, 0.15) is 29.0 Å². The molecule has 4 aromatic rings. The number of benzene rings is 3. The van der Waals surface area contributed by atoms with Crippen molar-refractivity contribution in [3.05, 3.63) is 95.7 Å². The third kappa shape index (κ3) is 3.77. The zero-order valence-corrected chi connectivity index (χ0v) is 16.6. The zero-order valence-electron chi connectivity index (χ0n) is 16.6. The number of anilines is 1. The van der Waals surface area contributed by atoms with Gasteiger partial charge in [-0.2, -0.15) is 8.78 Å². The average molecular weight is 418 g/mol. The van der Waals surface area contributed by atoms with Gasteiger partial charge in [-0.3, -0.25) is 4.79 Å². The van der Waals surface area contributed by atoms with E-state index in [1.807, 2.05) is 42.5 Å². The predicted octanol–water partition coefficient (Wildman–Crippen LogP) is 5.77. The summed E-state index contributed by atoms with van der Waals surface area (Å²) in [5.41, 5.74) is 4.72. The van der Waals surface area contributed by atoms with Crippen molar-refractivity contribution in [2.45, 2.75) is 25.5 Å². The van der Waals surface area contributed by atoms with Crippen LogP contribution in [0.2, 0.25) is 0 Å². The molecule has 1 N–H and O–H groups in total. The molecule has 0 saturated carbocycles. The van der Waals surface area contributed by atoms with E-state index in [0.29, 0.717) is 6.54 Å². The Morgan fingerprint density at radius 1 is 1.03 bits per heavy atom. The Bertz CT molecular complexity index is 1250. The minimum atomic E-state index is -2.90. The van der Waals surface area contributed by atoms with Gasteiger partial charge in [0.1, 0.15) is 5.75 Å². The van der Waals surface area contributed by atoms with Crippen LogP contribution >= 0.6 is 0 Å².